The Morgan fingerprint density at radius 3 is 1.72 bits per heavy atom. The van der Waals surface area contributed by atoms with Crippen LogP contribution in [0.2, 0.25) is 0 Å². The largest absolute Gasteiger partial charge is 0.465 e. The van der Waals surface area contributed by atoms with Gasteiger partial charge >= 0.3 is 18.3 Å². The van der Waals surface area contributed by atoms with Gasteiger partial charge in [0.25, 0.3) is 0 Å². The van der Waals surface area contributed by atoms with Crippen molar-refractivity contribution in [3.63, 3.8) is 0 Å². The number of pyridine rings is 1. The molecular formula is C9H5F6NO2. The van der Waals surface area contributed by atoms with Crippen molar-refractivity contribution >= 4 is 5.97 Å². The molecule has 0 bridgehead atoms. The first-order chi connectivity index (χ1) is 8.05. The molecule has 100 valence electrons. The third-order valence-electron chi connectivity index (χ3n) is 1.83. The molecule has 0 aliphatic carbocycles. The zero-order valence-electron chi connectivity index (χ0n) is 8.69. The summed E-state index contributed by atoms with van der Waals surface area (Å²) in [5, 5.41) is 0. The van der Waals surface area contributed by atoms with E-state index in [-0.39, 0.29) is 12.1 Å². The van der Waals surface area contributed by atoms with E-state index in [1.807, 2.05) is 0 Å². The van der Waals surface area contributed by atoms with Crippen LogP contribution in [0.3, 0.4) is 0 Å². The van der Waals surface area contributed by atoms with Crippen LogP contribution in [0.1, 0.15) is 21.7 Å². The summed E-state index contributed by atoms with van der Waals surface area (Å²) in [5.74, 6) is -1.31. The molecule has 3 nitrogen and oxygen atoms in total. The maximum absolute atomic E-state index is 12.3. The number of methoxy groups -OCH3 is 1. The number of halogens is 6. The lowest BCUT2D eigenvalue weighted by atomic mass is 10.2. The molecule has 1 aromatic rings. The Morgan fingerprint density at radius 2 is 1.44 bits per heavy atom. The fraction of sp³-hybridized carbons (Fsp3) is 0.333. The van der Waals surface area contributed by atoms with Crippen molar-refractivity contribution in [1.29, 1.82) is 0 Å². The van der Waals surface area contributed by atoms with Crippen molar-refractivity contribution in [2.45, 2.75) is 12.4 Å². The molecule has 1 aromatic heterocycles. The van der Waals surface area contributed by atoms with Crippen LogP contribution < -0.4 is 0 Å². The van der Waals surface area contributed by atoms with E-state index >= 15 is 0 Å². The number of carbonyl (C=O) groups excluding carboxylic acids is 1. The molecule has 0 saturated heterocycles. The number of aromatic nitrogens is 1. The first kappa shape index (κ1) is 14.3. The molecule has 0 radical (unpaired) electrons. The van der Waals surface area contributed by atoms with Gasteiger partial charge < -0.3 is 4.74 Å². The highest BCUT2D eigenvalue weighted by Crippen LogP contribution is 2.33. The van der Waals surface area contributed by atoms with Gasteiger partial charge in [-0.3, -0.25) is 0 Å². The lowest BCUT2D eigenvalue weighted by Crippen LogP contribution is -2.17. The summed E-state index contributed by atoms with van der Waals surface area (Å²) in [6.07, 6.45) is -10.2. The van der Waals surface area contributed by atoms with Crippen LogP contribution in [0.5, 0.6) is 0 Å². The molecule has 1 heterocycles. The SMILES string of the molecule is COC(=O)c1cc(C(F)(F)F)nc(C(F)(F)F)c1. The highest BCUT2D eigenvalue weighted by atomic mass is 19.4. The Balaban J connectivity index is 3.44. The number of hydrogen-bond acceptors (Lipinski definition) is 3. The van der Waals surface area contributed by atoms with Crippen LogP contribution in [0.4, 0.5) is 26.3 Å². The highest BCUT2D eigenvalue weighted by molar-refractivity contribution is 5.89. The van der Waals surface area contributed by atoms with E-state index in [0.717, 1.165) is 7.11 Å². The van der Waals surface area contributed by atoms with E-state index in [9.17, 15) is 31.1 Å². The Bertz CT molecular complexity index is 433. The molecule has 0 saturated carbocycles. The minimum absolute atomic E-state index is 0.196. The standard InChI is InChI=1S/C9H5F6NO2/c1-18-7(17)4-2-5(8(10,11)12)16-6(3-4)9(13,14)15/h2-3H,1H3. The molecule has 9 heteroatoms. The molecule has 0 atom stereocenters. The second-order valence-corrected chi connectivity index (χ2v) is 3.11. The molecule has 0 aliphatic rings. The van der Waals surface area contributed by atoms with Gasteiger partial charge in [-0.2, -0.15) is 26.3 Å². The van der Waals surface area contributed by atoms with Crippen LogP contribution >= 0.6 is 0 Å². The average molecular weight is 273 g/mol. The van der Waals surface area contributed by atoms with Gasteiger partial charge in [-0.1, -0.05) is 0 Å². The summed E-state index contributed by atoms with van der Waals surface area (Å²) < 4.78 is 78.0. The minimum Gasteiger partial charge on any atom is -0.465 e. The van der Waals surface area contributed by atoms with Crippen molar-refractivity contribution in [3.05, 3.63) is 29.1 Å². The molecule has 0 aliphatic heterocycles. The Hall–Kier alpha value is -1.80. The number of esters is 1. The molecule has 0 amide bonds. The topological polar surface area (TPSA) is 39.2 Å². The normalized spacial score (nSPS) is 12.4. The van der Waals surface area contributed by atoms with E-state index in [2.05, 4.69) is 9.72 Å². The van der Waals surface area contributed by atoms with Crippen molar-refractivity contribution < 1.29 is 35.9 Å². The quantitative estimate of drug-likeness (QED) is 0.583. The number of ether oxygens (including phenoxy) is 1. The summed E-state index contributed by atoms with van der Waals surface area (Å²) in [6.45, 7) is 0. The van der Waals surface area contributed by atoms with Gasteiger partial charge in [0.2, 0.25) is 0 Å². The predicted molar refractivity (Wildman–Crippen MR) is 45.6 cm³/mol. The van der Waals surface area contributed by atoms with Gasteiger partial charge in [0.15, 0.2) is 0 Å². The zero-order chi connectivity index (χ0) is 14.1. The van der Waals surface area contributed by atoms with E-state index < -0.39 is 35.3 Å². The predicted octanol–water partition coefficient (Wildman–Crippen LogP) is 2.91. The summed E-state index contributed by atoms with van der Waals surface area (Å²) in [5.41, 5.74) is -4.48. The smallest absolute Gasteiger partial charge is 0.433 e. The van der Waals surface area contributed by atoms with Gasteiger partial charge in [-0.05, 0) is 12.1 Å². The van der Waals surface area contributed by atoms with Crippen molar-refractivity contribution in [1.82, 2.24) is 4.98 Å². The maximum Gasteiger partial charge on any atom is 0.433 e. The molecule has 0 spiro atoms. The number of carbonyl (C=O) groups is 1. The minimum atomic E-state index is -5.09. The van der Waals surface area contributed by atoms with Crippen LogP contribution in [-0.2, 0) is 17.1 Å². The van der Waals surface area contributed by atoms with Gasteiger partial charge in [0.1, 0.15) is 11.4 Å². The summed E-state index contributed by atoms with van der Waals surface area (Å²) in [7, 11) is 0.837. The average Bonchev–Trinajstić information content (AvgIpc) is 2.25. The maximum atomic E-state index is 12.3. The Labute approximate surface area is 96.4 Å². The van der Waals surface area contributed by atoms with Crippen molar-refractivity contribution in [2.24, 2.45) is 0 Å². The molecule has 1 rings (SSSR count). The molecule has 0 unspecified atom stereocenters. The lowest BCUT2D eigenvalue weighted by molar-refractivity contribution is -0.150. The van der Waals surface area contributed by atoms with E-state index in [1.54, 1.807) is 0 Å². The Kier molecular flexibility index (Phi) is 3.54. The second-order valence-electron chi connectivity index (χ2n) is 3.11. The Morgan fingerprint density at radius 1 is 1.06 bits per heavy atom. The van der Waals surface area contributed by atoms with E-state index in [0.29, 0.717) is 0 Å². The van der Waals surface area contributed by atoms with Crippen LogP contribution in [-0.4, -0.2) is 18.1 Å². The molecular weight excluding hydrogens is 268 g/mol. The second kappa shape index (κ2) is 4.46. The van der Waals surface area contributed by atoms with Gasteiger partial charge in [0, 0.05) is 0 Å². The molecule has 18 heavy (non-hydrogen) atoms. The highest BCUT2D eigenvalue weighted by Gasteiger charge is 2.39. The lowest BCUT2D eigenvalue weighted by Gasteiger charge is -2.12. The van der Waals surface area contributed by atoms with Crippen LogP contribution in [0, 0.1) is 0 Å². The number of alkyl halides is 6. The van der Waals surface area contributed by atoms with E-state index in [1.165, 1.54) is 0 Å². The molecule has 0 N–H and O–H groups in total. The van der Waals surface area contributed by atoms with Crippen molar-refractivity contribution in [2.75, 3.05) is 7.11 Å². The fourth-order valence-corrected chi connectivity index (χ4v) is 1.06. The number of nitrogens with zero attached hydrogens (tertiary/aromatic N) is 1. The third-order valence-corrected chi connectivity index (χ3v) is 1.83. The fourth-order valence-electron chi connectivity index (χ4n) is 1.06. The third kappa shape index (κ3) is 3.11. The van der Waals surface area contributed by atoms with Crippen LogP contribution in [0.15, 0.2) is 12.1 Å². The van der Waals surface area contributed by atoms with Crippen molar-refractivity contribution in [3.8, 4) is 0 Å². The van der Waals surface area contributed by atoms with E-state index in [4.69, 9.17) is 0 Å². The zero-order valence-corrected chi connectivity index (χ0v) is 8.69. The monoisotopic (exact) mass is 273 g/mol. The number of hydrogen-bond donors (Lipinski definition) is 0. The van der Waals surface area contributed by atoms with Gasteiger partial charge in [-0.15, -0.1) is 0 Å². The summed E-state index contributed by atoms with van der Waals surface area (Å²) in [4.78, 5) is 13.4. The number of rotatable bonds is 1. The summed E-state index contributed by atoms with van der Waals surface area (Å²) in [6, 6.07) is 0.391. The van der Waals surface area contributed by atoms with Gasteiger partial charge in [-0.25, -0.2) is 9.78 Å². The molecule has 0 fully saturated rings. The molecule has 0 aromatic carbocycles. The van der Waals surface area contributed by atoms with Crippen LogP contribution in [0.25, 0.3) is 0 Å². The summed E-state index contributed by atoms with van der Waals surface area (Å²) >= 11 is 0. The first-order valence-corrected chi connectivity index (χ1v) is 4.30. The van der Waals surface area contributed by atoms with Gasteiger partial charge in [0.05, 0.1) is 12.7 Å². The first-order valence-electron chi connectivity index (χ1n) is 4.30.